The van der Waals surface area contributed by atoms with Crippen LogP contribution >= 0.6 is 0 Å². The molecule has 3 rings (SSSR count). The summed E-state index contributed by atoms with van der Waals surface area (Å²) >= 11 is 0. The monoisotopic (exact) mass is 467 g/mol. The maximum atomic E-state index is 12.7. The largest absolute Gasteiger partial charge is 0.493 e. The third-order valence-electron chi connectivity index (χ3n) is 5.22. The van der Waals surface area contributed by atoms with Gasteiger partial charge in [-0.2, -0.15) is 13.2 Å². The maximum absolute atomic E-state index is 12.7. The van der Waals surface area contributed by atoms with Gasteiger partial charge < -0.3 is 19.3 Å². The molecule has 1 heterocycles. The van der Waals surface area contributed by atoms with E-state index in [1.807, 2.05) is 0 Å². The van der Waals surface area contributed by atoms with E-state index in [-0.39, 0.29) is 18.7 Å². The molecular formula is C23H24F3NO6. The summed E-state index contributed by atoms with van der Waals surface area (Å²) in [6, 6.07) is 9.08. The molecule has 0 aromatic heterocycles. The molecule has 33 heavy (non-hydrogen) atoms. The zero-order valence-corrected chi connectivity index (χ0v) is 17.9. The number of ether oxygens (including phenoxy) is 3. The quantitative estimate of drug-likeness (QED) is 0.566. The van der Waals surface area contributed by atoms with Gasteiger partial charge in [-0.3, -0.25) is 5.32 Å². The van der Waals surface area contributed by atoms with Gasteiger partial charge in [-0.25, -0.2) is 9.59 Å². The minimum absolute atomic E-state index is 0.147. The Balaban J connectivity index is 1.67. The van der Waals surface area contributed by atoms with Crippen LogP contribution in [0.4, 0.5) is 23.7 Å². The fraction of sp³-hybridized carbons (Fsp3) is 0.391. The van der Waals surface area contributed by atoms with Gasteiger partial charge in [-0.05, 0) is 61.7 Å². The molecule has 1 aliphatic rings. The molecular weight excluding hydrogens is 443 g/mol. The predicted molar refractivity (Wildman–Crippen MR) is 112 cm³/mol. The average Bonchev–Trinajstić information content (AvgIpc) is 3.23. The Labute approximate surface area is 188 Å². The number of hydrogen-bond acceptors (Lipinski definition) is 5. The molecule has 1 unspecified atom stereocenters. The van der Waals surface area contributed by atoms with Crippen LogP contribution in [0.15, 0.2) is 42.5 Å². The smallest absolute Gasteiger partial charge is 0.416 e. The van der Waals surface area contributed by atoms with Crippen LogP contribution in [0.3, 0.4) is 0 Å². The van der Waals surface area contributed by atoms with Crippen LogP contribution in [0.2, 0.25) is 0 Å². The van der Waals surface area contributed by atoms with E-state index in [4.69, 9.17) is 14.2 Å². The van der Waals surface area contributed by atoms with E-state index in [1.54, 1.807) is 25.1 Å². The molecule has 7 nitrogen and oxygen atoms in total. The molecule has 0 bridgehead atoms. The Morgan fingerprint density at radius 1 is 1.18 bits per heavy atom. The highest BCUT2D eigenvalue weighted by Crippen LogP contribution is 2.32. The van der Waals surface area contributed by atoms with E-state index in [9.17, 15) is 27.9 Å². The third kappa shape index (κ3) is 6.16. The molecule has 1 atom stereocenters. The van der Waals surface area contributed by atoms with E-state index >= 15 is 0 Å². The van der Waals surface area contributed by atoms with Crippen LogP contribution in [-0.2, 0) is 33.5 Å². The number of rotatable bonds is 8. The number of nitrogens with one attached hydrogen (secondary N) is 1. The molecule has 2 aromatic carbocycles. The number of amides is 1. The SMILES string of the molecule is CCOc1ccc(CC2(C(=O)O)CCCO2)cc1COC(=O)Nc1ccc(C(F)(F)F)cc1. The molecule has 2 N–H and O–H groups in total. The molecule has 10 heteroatoms. The molecule has 178 valence electrons. The normalized spacial score (nSPS) is 18.1. The van der Waals surface area contributed by atoms with Crippen LogP contribution in [0, 0.1) is 0 Å². The number of carbonyl (C=O) groups excluding carboxylic acids is 1. The lowest BCUT2D eigenvalue weighted by molar-refractivity contribution is -0.159. The summed E-state index contributed by atoms with van der Waals surface area (Å²) in [5, 5.41) is 12.0. The van der Waals surface area contributed by atoms with Crippen molar-refractivity contribution in [2.24, 2.45) is 0 Å². The Morgan fingerprint density at radius 3 is 2.48 bits per heavy atom. The minimum Gasteiger partial charge on any atom is -0.493 e. The standard InChI is InChI=1S/C23H24F3NO6/c1-2-31-19-9-4-15(13-22(20(28)29)10-3-11-33-22)12-16(19)14-32-21(30)27-18-7-5-17(6-8-18)23(24,25)26/h4-9,12H,2-3,10-11,13-14H2,1H3,(H,27,30)(H,28,29). The van der Waals surface area contributed by atoms with Gasteiger partial charge in [0.25, 0.3) is 0 Å². The molecule has 1 amide bonds. The number of aliphatic carboxylic acids is 1. The summed E-state index contributed by atoms with van der Waals surface area (Å²) < 4.78 is 54.3. The zero-order chi connectivity index (χ0) is 24.1. The number of hydrogen-bond donors (Lipinski definition) is 2. The van der Waals surface area contributed by atoms with Crippen LogP contribution in [0.25, 0.3) is 0 Å². The number of anilines is 1. The summed E-state index contributed by atoms with van der Waals surface area (Å²) in [7, 11) is 0. The molecule has 0 aliphatic carbocycles. The van der Waals surface area contributed by atoms with E-state index in [0.29, 0.717) is 42.9 Å². The van der Waals surface area contributed by atoms with Gasteiger partial charge in [-0.15, -0.1) is 0 Å². The molecule has 1 saturated heterocycles. The first kappa shape index (κ1) is 24.4. The van der Waals surface area contributed by atoms with Crippen molar-refractivity contribution in [3.05, 3.63) is 59.2 Å². The van der Waals surface area contributed by atoms with Gasteiger partial charge in [-0.1, -0.05) is 6.07 Å². The van der Waals surface area contributed by atoms with Gasteiger partial charge in [0.15, 0.2) is 5.60 Å². The average molecular weight is 467 g/mol. The van der Waals surface area contributed by atoms with Crippen molar-refractivity contribution in [2.75, 3.05) is 18.5 Å². The van der Waals surface area contributed by atoms with E-state index < -0.39 is 29.4 Å². The lowest BCUT2D eigenvalue weighted by Crippen LogP contribution is -2.40. The fourth-order valence-electron chi connectivity index (χ4n) is 3.60. The van der Waals surface area contributed by atoms with Crippen molar-refractivity contribution in [3.8, 4) is 5.75 Å². The van der Waals surface area contributed by atoms with Crippen molar-refractivity contribution in [2.45, 2.75) is 44.6 Å². The van der Waals surface area contributed by atoms with E-state index in [2.05, 4.69) is 5.32 Å². The Bertz CT molecular complexity index is 985. The zero-order valence-electron chi connectivity index (χ0n) is 17.9. The number of carboxylic acid groups (broad SMARTS) is 1. The number of carbonyl (C=O) groups is 2. The third-order valence-corrected chi connectivity index (χ3v) is 5.22. The molecule has 0 radical (unpaired) electrons. The molecule has 0 spiro atoms. The summed E-state index contributed by atoms with van der Waals surface area (Å²) in [6.45, 7) is 2.36. The second-order valence-corrected chi connectivity index (χ2v) is 7.58. The summed E-state index contributed by atoms with van der Waals surface area (Å²) in [4.78, 5) is 23.9. The Hall–Kier alpha value is -3.27. The first-order valence-corrected chi connectivity index (χ1v) is 10.4. The van der Waals surface area contributed by atoms with Gasteiger partial charge in [0.2, 0.25) is 0 Å². The Kier molecular flexibility index (Phi) is 7.47. The van der Waals surface area contributed by atoms with Crippen molar-refractivity contribution in [3.63, 3.8) is 0 Å². The van der Waals surface area contributed by atoms with Crippen LogP contribution in [0.1, 0.15) is 36.5 Å². The van der Waals surface area contributed by atoms with E-state index in [0.717, 1.165) is 24.3 Å². The van der Waals surface area contributed by atoms with Crippen molar-refractivity contribution < 1.29 is 42.1 Å². The van der Waals surface area contributed by atoms with Gasteiger partial charge in [0.05, 0.1) is 12.2 Å². The predicted octanol–water partition coefficient (Wildman–Crippen LogP) is 5.03. The molecule has 1 fully saturated rings. The minimum atomic E-state index is -4.47. The van der Waals surface area contributed by atoms with Crippen molar-refractivity contribution in [1.82, 2.24) is 0 Å². The number of alkyl halides is 3. The summed E-state index contributed by atoms with van der Waals surface area (Å²) in [6.07, 6.45) is -4.12. The van der Waals surface area contributed by atoms with Gasteiger partial charge in [0.1, 0.15) is 12.4 Å². The highest BCUT2D eigenvalue weighted by molar-refractivity contribution is 5.84. The molecule has 1 aliphatic heterocycles. The van der Waals surface area contributed by atoms with Gasteiger partial charge >= 0.3 is 18.2 Å². The van der Waals surface area contributed by atoms with Crippen molar-refractivity contribution >= 4 is 17.7 Å². The topological polar surface area (TPSA) is 94.1 Å². The lowest BCUT2D eigenvalue weighted by Gasteiger charge is -2.24. The summed E-state index contributed by atoms with van der Waals surface area (Å²) in [5.74, 6) is -0.553. The molecule has 0 saturated carbocycles. The molecule has 2 aromatic rings. The number of carboxylic acids is 1. The Morgan fingerprint density at radius 2 is 1.91 bits per heavy atom. The first-order chi connectivity index (χ1) is 15.6. The fourth-order valence-corrected chi connectivity index (χ4v) is 3.60. The first-order valence-electron chi connectivity index (χ1n) is 10.4. The van der Waals surface area contributed by atoms with Crippen LogP contribution < -0.4 is 10.1 Å². The highest BCUT2D eigenvalue weighted by Gasteiger charge is 2.43. The van der Waals surface area contributed by atoms with Gasteiger partial charge in [0, 0.05) is 24.3 Å². The van der Waals surface area contributed by atoms with Crippen LogP contribution in [0.5, 0.6) is 5.75 Å². The van der Waals surface area contributed by atoms with Crippen LogP contribution in [-0.4, -0.2) is 36.0 Å². The second-order valence-electron chi connectivity index (χ2n) is 7.58. The maximum Gasteiger partial charge on any atom is 0.416 e. The lowest BCUT2D eigenvalue weighted by atomic mass is 9.91. The van der Waals surface area contributed by atoms with Crippen molar-refractivity contribution in [1.29, 1.82) is 0 Å². The van der Waals surface area contributed by atoms with E-state index in [1.165, 1.54) is 0 Å². The summed E-state index contributed by atoms with van der Waals surface area (Å²) in [5.41, 5.74) is -0.760. The second kappa shape index (κ2) is 10.1. The highest BCUT2D eigenvalue weighted by atomic mass is 19.4. The number of benzene rings is 2. The number of halogens is 3.